The van der Waals surface area contributed by atoms with Crippen LogP contribution < -0.4 is 15.5 Å². The van der Waals surface area contributed by atoms with Crippen LogP contribution in [-0.2, 0) is 17.7 Å². The van der Waals surface area contributed by atoms with E-state index >= 15 is 0 Å². The lowest BCUT2D eigenvalue weighted by Crippen LogP contribution is -2.45. The minimum Gasteiger partial charge on any atom is -0.395 e. The Morgan fingerprint density at radius 2 is 1.98 bits per heavy atom. The molecular weight excluding hydrogens is 504 g/mol. The molecule has 5 rings (SSSR count). The number of hydrogen-bond donors (Lipinski definition) is 3. The van der Waals surface area contributed by atoms with E-state index in [1.54, 1.807) is 0 Å². The first-order valence-corrected chi connectivity index (χ1v) is 15.0. The summed E-state index contributed by atoms with van der Waals surface area (Å²) in [6, 6.07) is 7.84. The minimum atomic E-state index is -0.173. The summed E-state index contributed by atoms with van der Waals surface area (Å²) >= 11 is 0. The number of carbonyl (C=O) groups excluding carboxylic acids is 1. The van der Waals surface area contributed by atoms with Gasteiger partial charge in [-0.15, -0.1) is 0 Å². The van der Waals surface area contributed by atoms with E-state index in [9.17, 15) is 9.90 Å². The molecule has 0 bridgehead atoms. The Labute approximate surface area is 238 Å². The molecule has 9 nitrogen and oxygen atoms in total. The van der Waals surface area contributed by atoms with Crippen molar-refractivity contribution in [2.45, 2.75) is 66.0 Å². The average Bonchev–Trinajstić information content (AvgIpc) is 3.70. The second kappa shape index (κ2) is 12.4. The number of nitrogens with one attached hydrogen (secondary N) is 2. The average molecular weight is 551 g/mol. The number of benzene rings is 1. The molecule has 2 aliphatic heterocycles. The first-order valence-electron chi connectivity index (χ1n) is 15.0. The summed E-state index contributed by atoms with van der Waals surface area (Å²) < 4.78 is 5.69. The number of anilines is 2. The van der Waals surface area contributed by atoms with Gasteiger partial charge in [0.1, 0.15) is 5.82 Å². The zero-order valence-electron chi connectivity index (χ0n) is 24.6. The molecule has 3 aliphatic rings. The fraction of sp³-hybridized carbons (Fsp3) is 0.645. The topological polar surface area (TPSA) is 103 Å². The molecule has 3 heterocycles. The molecule has 1 aromatic heterocycles. The monoisotopic (exact) mass is 550 g/mol. The molecule has 0 spiro atoms. The van der Waals surface area contributed by atoms with Crippen molar-refractivity contribution in [3.8, 4) is 11.4 Å². The van der Waals surface area contributed by atoms with E-state index in [1.165, 1.54) is 12.0 Å². The fourth-order valence-electron chi connectivity index (χ4n) is 6.46. The van der Waals surface area contributed by atoms with Crippen molar-refractivity contribution in [3.63, 3.8) is 0 Å². The highest BCUT2D eigenvalue weighted by Gasteiger charge is 2.45. The number of hydrogen-bond acceptors (Lipinski definition) is 7. The normalized spacial score (nSPS) is 24.2. The molecule has 40 heavy (non-hydrogen) atoms. The van der Waals surface area contributed by atoms with E-state index in [4.69, 9.17) is 14.7 Å². The van der Waals surface area contributed by atoms with Crippen LogP contribution in [0.3, 0.4) is 0 Å². The molecule has 4 unspecified atom stereocenters. The number of nitrogens with zero attached hydrogens (tertiary/aromatic N) is 4. The van der Waals surface area contributed by atoms with Crippen molar-refractivity contribution in [1.82, 2.24) is 20.2 Å². The van der Waals surface area contributed by atoms with Crippen molar-refractivity contribution >= 4 is 17.5 Å². The molecule has 1 saturated heterocycles. The quantitative estimate of drug-likeness (QED) is 0.405. The summed E-state index contributed by atoms with van der Waals surface area (Å²) in [6.45, 7) is 14.3. The summed E-state index contributed by atoms with van der Waals surface area (Å²) in [7, 11) is 0. The Morgan fingerprint density at radius 3 is 2.65 bits per heavy atom. The number of urea groups is 1. The molecule has 2 amide bonds. The molecule has 4 atom stereocenters. The second-order valence-electron chi connectivity index (χ2n) is 12.2. The molecule has 9 heteroatoms. The van der Waals surface area contributed by atoms with Crippen LogP contribution in [0, 0.1) is 17.3 Å². The largest absolute Gasteiger partial charge is 0.395 e. The lowest BCUT2D eigenvalue weighted by molar-refractivity contribution is 0.0983. The van der Waals surface area contributed by atoms with Crippen LogP contribution in [0.1, 0.15) is 58.2 Å². The highest BCUT2D eigenvalue weighted by Crippen LogP contribution is 2.53. The first kappa shape index (κ1) is 28.8. The van der Waals surface area contributed by atoms with E-state index < -0.39 is 0 Å². The molecule has 3 N–H and O–H groups in total. The molecule has 2 aromatic rings. The number of rotatable bonds is 10. The van der Waals surface area contributed by atoms with E-state index in [0.717, 1.165) is 67.0 Å². The maximum atomic E-state index is 12.6. The van der Waals surface area contributed by atoms with Crippen molar-refractivity contribution in [2.75, 3.05) is 56.2 Å². The Hall–Kier alpha value is -2.75. The molecule has 218 valence electrons. The number of morpholine rings is 1. The van der Waals surface area contributed by atoms with Crippen LogP contribution in [0.5, 0.6) is 0 Å². The second-order valence-corrected chi connectivity index (χ2v) is 12.2. The lowest BCUT2D eigenvalue weighted by Gasteiger charge is -2.37. The maximum absolute atomic E-state index is 12.6. The van der Waals surface area contributed by atoms with Gasteiger partial charge in [0.25, 0.3) is 0 Å². The highest BCUT2D eigenvalue weighted by atomic mass is 16.5. The summed E-state index contributed by atoms with van der Waals surface area (Å²) in [5, 5.41) is 15.5. The molecule has 1 saturated carbocycles. The van der Waals surface area contributed by atoms with Crippen molar-refractivity contribution in [3.05, 3.63) is 35.5 Å². The number of fused-ring (bicyclic) bond motifs is 1. The van der Waals surface area contributed by atoms with Gasteiger partial charge >= 0.3 is 6.03 Å². The summed E-state index contributed by atoms with van der Waals surface area (Å²) in [5.74, 6) is 3.28. The summed E-state index contributed by atoms with van der Waals surface area (Å²) in [5.41, 5.74) is 4.18. The molecule has 0 radical (unpaired) electrons. The van der Waals surface area contributed by atoms with Crippen LogP contribution in [0.4, 0.5) is 16.3 Å². The van der Waals surface area contributed by atoms with Crippen molar-refractivity contribution in [2.24, 2.45) is 17.3 Å². The zero-order chi connectivity index (χ0) is 28.3. The van der Waals surface area contributed by atoms with Gasteiger partial charge in [0.2, 0.25) is 0 Å². The zero-order valence-corrected chi connectivity index (χ0v) is 24.6. The minimum absolute atomic E-state index is 0.139. The third-order valence-electron chi connectivity index (χ3n) is 9.37. The number of β-amino-alcohol motifs (C(OH)–C–C–N with tert-alkyl or cyclic N) is 1. The predicted octanol–water partition coefficient (Wildman–Crippen LogP) is 4.30. The van der Waals surface area contributed by atoms with Crippen LogP contribution in [0.25, 0.3) is 11.4 Å². The van der Waals surface area contributed by atoms with Crippen molar-refractivity contribution < 1.29 is 14.6 Å². The van der Waals surface area contributed by atoms with Crippen molar-refractivity contribution in [1.29, 1.82) is 0 Å². The van der Waals surface area contributed by atoms with Crippen LogP contribution in [-0.4, -0.2) is 78.0 Å². The Morgan fingerprint density at radius 1 is 1.20 bits per heavy atom. The number of aliphatic hydroxyl groups excluding tert-OH is 1. The van der Waals surface area contributed by atoms with Gasteiger partial charge < -0.3 is 25.4 Å². The highest BCUT2D eigenvalue weighted by molar-refractivity contribution is 5.89. The first-order chi connectivity index (χ1) is 19.3. The number of carbonyl (C=O) groups is 1. The van der Waals surface area contributed by atoms with E-state index in [-0.39, 0.29) is 18.7 Å². The van der Waals surface area contributed by atoms with Gasteiger partial charge in [-0.3, -0.25) is 4.90 Å². The standard InChI is InChI=1S/C31H46N6O3/c1-5-31(4,26-18-21(26)2)11-12-32-30(39)33-24-8-6-23(7-9-24)28-34-27-19-36(14-16-38)13-10-25(27)29(35-28)37-15-17-40-20-22(37)3/h6-9,21-22,26,38H,5,10-20H2,1-4H3,(H2,32,33,39). The Bertz CT molecular complexity index is 1170. The van der Waals surface area contributed by atoms with Crippen LogP contribution in [0.15, 0.2) is 24.3 Å². The van der Waals surface area contributed by atoms with Gasteiger partial charge in [-0.2, -0.15) is 0 Å². The van der Waals surface area contributed by atoms with Gasteiger partial charge in [-0.25, -0.2) is 14.8 Å². The van der Waals surface area contributed by atoms with Gasteiger partial charge in [-0.05, 0) is 67.7 Å². The van der Waals surface area contributed by atoms with Gasteiger partial charge in [0.15, 0.2) is 5.82 Å². The molecule has 1 aliphatic carbocycles. The van der Waals surface area contributed by atoms with E-state index in [2.05, 4.69) is 48.1 Å². The maximum Gasteiger partial charge on any atom is 0.319 e. The number of aromatic nitrogens is 2. The van der Waals surface area contributed by atoms with Gasteiger partial charge in [0.05, 0.1) is 31.6 Å². The van der Waals surface area contributed by atoms with Gasteiger partial charge in [0, 0.05) is 49.5 Å². The smallest absolute Gasteiger partial charge is 0.319 e. The fourth-order valence-corrected chi connectivity index (χ4v) is 6.46. The summed E-state index contributed by atoms with van der Waals surface area (Å²) in [4.78, 5) is 27.3. The molecule has 1 aromatic carbocycles. The number of aliphatic hydroxyl groups is 1. The predicted molar refractivity (Wildman–Crippen MR) is 158 cm³/mol. The molecule has 2 fully saturated rings. The van der Waals surface area contributed by atoms with E-state index in [0.29, 0.717) is 44.1 Å². The van der Waals surface area contributed by atoms with Gasteiger partial charge in [-0.1, -0.05) is 27.2 Å². The molecular formula is C31H46N6O3. The SMILES string of the molecule is CCC(C)(CCNC(=O)Nc1ccc(-c2nc3c(c(N4CCOCC4C)n2)CCN(CCO)C3)cc1)C1CC1C. The number of amides is 2. The third kappa shape index (κ3) is 6.42. The van der Waals surface area contributed by atoms with Crippen LogP contribution in [0.2, 0.25) is 0 Å². The Kier molecular flexibility index (Phi) is 8.92. The Balaban J connectivity index is 1.27. The summed E-state index contributed by atoms with van der Waals surface area (Å²) in [6.07, 6.45) is 4.32. The number of ether oxygens (including phenoxy) is 1. The third-order valence-corrected chi connectivity index (χ3v) is 9.37. The van der Waals surface area contributed by atoms with Crippen LogP contribution >= 0.6 is 0 Å². The van der Waals surface area contributed by atoms with E-state index in [1.807, 2.05) is 24.3 Å². The lowest BCUT2D eigenvalue weighted by atomic mass is 9.78.